The van der Waals surface area contributed by atoms with Crippen LogP contribution in [0.15, 0.2) is 48.7 Å². The fraction of sp³-hybridized carbons (Fsp3) is 0.379. The number of carbonyl (C=O) groups is 2. The Bertz CT molecular complexity index is 1400. The summed E-state index contributed by atoms with van der Waals surface area (Å²) in [4.78, 5) is 38.4. The van der Waals surface area contributed by atoms with E-state index in [0.29, 0.717) is 49.0 Å². The lowest BCUT2D eigenvalue weighted by Gasteiger charge is -2.33. The minimum Gasteiger partial charge on any atom is -0.462 e. The summed E-state index contributed by atoms with van der Waals surface area (Å²) in [6.07, 6.45) is 3.23. The zero-order valence-corrected chi connectivity index (χ0v) is 23.0. The Labute approximate surface area is 232 Å². The Morgan fingerprint density at radius 1 is 1.21 bits per heavy atom. The summed E-state index contributed by atoms with van der Waals surface area (Å²) >= 11 is 5.88. The number of rotatable bonds is 6. The number of pyridine rings is 2. The molecular formula is C29H31ClFN5O3. The molecule has 0 radical (unpaired) electrons. The predicted molar refractivity (Wildman–Crippen MR) is 148 cm³/mol. The van der Waals surface area contributed by atoms with Crippen LogP contribution in [0.4, 0.5) is 21.6 Å². The van der Waals surface area contributed by atoms with Gasteiger partial charge in [0.25, 0.3) is 5.91 Å². The van der Waals surface area contributed by atoms with E-state index in [-0.39, 0.29) is 22.4 Å². The van der Waals surface area contributed by atoms with E-state index in [2.05, 4.69) is 24.1 Å². The van der Waals surface area contributed by atoms with Crippen LogP contribution in [0.3, 0.4) is 0 Å². The van der Waals surface area contributed by atoms with Crippen LogP contribution in [0, 0.1) is 5.82 Å². The summed E-state index contributed by atoms with van der Waals surface area (Å²) in [7, 11) is 0. The van der Waals surface area contributed by atoms with Gasteiger partial charge < -0.3 is 19.9 Å². The molecule has 1 unspecified atom stereocenters. The third-order valence-corrected chi connectivity index (χ3v) is 7.43. The van der Waals surface area contributed by atoms with E-state index in [1.165, 1.54) is 12.3 Å². The third kappa shape index (κ3) is 5.54. The molecule has 0 bridgehead atoms. The molecule has 1 fully saturated rings. The number of nitrogens with one attached hydrogen (secondary N) is 1. The first-order chi connectivity index (χ1) is 18.7. The number of aromatic nitrogens is 2. The van der Waals surface area contributed by atoms with Gasteiger partial charge in [-0.2, -0.15) is 0 Å². The van der Waals surface area contributed by atoms with Crippen molar-refractivity contribution < 1.29 is 18.7 Å². The highest BCUT2D eigenvalue weighted by molar-refractivity contribution is 6.30. The average Bonchev–Trinajstić information content (AvgIpc) is 3.20. The van der Waals surface area contributed by atoms with E-state index in [1.54, 1.807) is 37.3 Å². The number of piperidine rings is 1. The third-order valence-electron chi connectivity index (χ3n) is 7.13. The molecule has 2 aliphatic heterocycles. The molecule has 1 aromatic carbocycles. The van der Waals surface area contributed by atoms with Gasteiger partial charge in [-0.3, -0.25) is 4.79 Å². The first kappa shape index (κ1) is 26.9. The Morgan fingerprint density at radius 3 is 2.74 bits per heavy atom. The van der Waals surface area contributed by atoms with Crippen molar-refractivity contribution in [1.82, 2.24) is 14.9 Å². The minimum absolute atomic E-state index is 0.0183. The summed E-state index contributed by atoms with van der Waals surface area (Å²) in [5.41, 5.74) is 2.81. The molecule has 2 aromatic heterocycles. The second kappa shape index (κ2) is 10.8. The Morgan fingerprint density at radius 2 is 2.03 bits per heavy atom. The van der Waals surface area contributed by atoms with Gasteiger partial charge in [0.15, 0.2) is 0 Å². The second-order valence-corrected chi connectivity index (χ2v) is 10.9. The standard InChI is InChI=1S/C29H31ClFN5O3/c1-4-39-28(38)18-7-12-25(32-15-18)33-19-6-5-13-35(16-19)27(37)23-10-11-24-26(34-23)29(2,3)17-36(24)20-8-9-21(30)22(31)14-20/h7-12,14-15,19H,4-6,13,16-17H2,1-3H3,(H,32,33). The van der Waals surface area contributed by atoms with Crippen molar-refractivity contribution >= 4 is 40.7 Å². The van der Waals surface area contributed by atoms with Crippen molar-refractivity contribution in [2.45, 2.75) is 45.1 Å². The molecule has 4 heterocycles. The molecule has 1 saturated heterocycles. The van der Waals surface area contributed by atoms with Gasteiger partial charge in [0.1, 0.15) is 17.3 Å². The van der Waals surface area contributed by atoms with E-state index in [1.807, 2.05) is 15.9 Å². The number of carbonyl (C=O) groups excluding carboxylic acids is 2. The maximum absolute atomic E-state index is 14.2. The summed E-state index contributed by atoms with van der Waals surface area (Å²) in [5, 5.41) is 3.46. The van der Waals surface area contributed by atoms with Crippen molar-refractivity contribution in [2.75, 3.05) is 36.5 Å². The van der Waals surface area contributed by atoms with E-state index < -0.39 is 11.8 Å². The van der Waals surface area contributed by atoms with E-state index in [9.17, 15) is 14.0 Å². The number of anilines is 3. The Hall–Kier alpha value is -3.72. The molecule has 10 heteroatoms. The maximum Gasteiger partial charge on any atom is 0.339 e. The fourth-order valence-electron chi connectivity index (χ4n) is 5.19. The number of likely N-dealkylation sites (tertiary alicyclic amines) is 1. The number of halogens is 2. The highest BCUT2D eigenvalue weighted by Gasteiger charge is 2.38. The number of hydrogen-bond acceptors (Lipinski definition) is 7. The van der Waals surface area contributed by atoms with Gasteiger partial charge in [0.2, 0.25) is 0 Å². The van der Waals surface area contributed by atoms with E-state index >= 15 is 0 Å². The number of benzene rings is 1. The lowest BCUT2D eigenvalue weighted by molar-refractivity contribution is 0.0525. The quantitative estimate of drug-likeness (QED) is 0.399. The summed E-state index contributed by atoms with van der Waals surface area (Å²) in [6.45, 7) is 7.96. The molecular weight excluding hydrogens is 521 g/mol. The van der Waals surface area contributed by atoms with Crippen molar-refractivity contribution in [3.8, 4) is 0 Å². The number of ether oxygens (including phenoxy) is 1. The smallest absolute Gasteiger partial charge is 0.339 e. The monoisotopic (exact) mass is 551 g/mol. The topological polar surface area (TPSA) is 87.7 Å². The first-order valence-corrected chi connectivity index (χ1v) is 13.5. The summed E-state index contributed by atoms with van der Waals surface area (Å²) < 4.78 is 19.2. The second-order valence-electron chi connectivity index (χ2n) is 10.5. The summed E-state index contributed by atoms with van der Waals surface area (Å²) in [5.74, 6) is -0.363. The lowest BCUT2D eigenvalue weighted by atomic mass is 9.91. The molecule has 39 heavy (non-hydrogen) atoms. The molecule has 1 atom stereocenters. The van der Waals surface area contributed by atoms with Gasteiger partial charge in [0.05, 0.1) is 28.6 Å². The summed E-state index contributed by atoms with van der Waals surface area (Å²) in [6, 6.07) is 11.8. The van der Waals surface area contributed by atoms with Crippen molar-refractivity contribution in [1.29, 1.82) is 0 Å². The van der Waals surface area contributed by atoms with Crippen LogP contribution in [0.1, 0.15) is 60.2 Å². The molecule has 0 saturated carbocycles. The van der Waals surface area contributed by atoms with Crippen LogP contribution in [0.25, 0.3) is 0 Å². The zero-order chi connectivity index (χ0) is 27.7. The number of hydrogen-bond donors (Lipinski definition) is 1. The Balaban J connectivity index is 1.29. The van der Waals surface area contributed by atoms with Gasteiger partial charge in [0, 0.05) is 43.0 Å². The number of nitrogens with zero attached hydrogens (tertiary/aromatic N) is 4. The van der Waals surface area contributed by atoms with Crippen molar-refractivity contribution in [2.24, 2.45) is 0 Å². The molecule has 3 aromatic rings. The highest BCUT2D eigenvalue weighted by atomic mass is 35.5. The van der Waals surface area contributed by atoms with Crippen LogP contribution in [0.2, 0.25) is 5.02 Å². The van der Waals surface area contributed by atoms with Gasteiger partial charge in [-0.15, -0.1) is 0 Å². The SMILES string of the molecule is CCOC(=O)c1ccc(NC2CCCN(C(=O)c3ccc4c(n3)C(C)(C)CN4c3ccc(Cl)c(F)c3)C2)nc1. The molecule has 0 spiro atoms. The van der Waals surface area contributed by atoms with Gasteiger partial charge in [-0.1, -0.05) is 25.4 Å². The zero-order valence-electron chi connectivity index (χ0n) is 22.2. The van der Waals surface area contributed by atoms with Gasteiger partial charge in [-0.05, 0) is 62.2 Å². The first-order valence-electron chi connectivity index (χ1n) is 13.1. The van der Waals surface area contributed by atoms with Gasteiger partial charge >= 0.3 is 5.97 Å². The van der Waals surface area contributed by atoms with E-state index in [0.717, 1.165) is 24.2 Å². The lowest BCUT2D eigenvalue weighted by Crippen LogP contribution is -2.45. The van der Waals surface area contributed by atoms with Crippen molar-refractivity contribution in [3.05, 3.63) is 76.5 Å². The molecule has 0 aliphatic carbocycles. The Kier molecular flexibility index (Phi) is 7.44. The predicted octanol–water partition coefficient (Wildman–Crippen LogP) is 5.59. The molecule has 1 amide bonds. The maximum atomic E-state index is 14.2. The van der Waals surface area contributed by atoms with E-state index in [4.69, 9.17) is 21.3 Å². The normalized spacial score (nSPS) is 18.0. The minimum atomic E-state index is -0.474. The molecule has 204 valence electrons. The molecule has 5 rings (SSSR count). The number of esters is 1. The van der Waals surface area contributed by atoms with Crippen LogP contribution in [-0.2, 0) is 10.2 Å². The van der Waals surface area contributed by atoms with Crippen LogP contribution in [-0.4, -0.2) is 59.0 Å². The largest absolute Gasteiger partial charge is 0.462 e. The molecule has 8 nitrogen and oxygen atoms in total. The molecule has 2 aliphatic rings. The van der Waals surface area contributed by atoms with Crippen molar-refractivity contribution in [3.63, 3.8) is 0 Å². The van der Waals surface area contributed by atoms with Crippen LogP contribution >= 0.6 is 11.6 Å². The van der Waals surface area contributed by atoms with Crippen LogP contribution in [0.5, 0.6) is 0 Å². The van der Waals surface area contributed by atoms with Gasteiger partial charge in [-0.25, -0.2) is 19.2 Å². The fourth-order valence-corrected chi connectivity index (χ4v) is 5.31. The molecule has 1 N–H and O–H groups in total. The number of amides is 1. The number of fused-ring (bicyclic) bond motifs is 1. The average molecular weight is 552 g/mol. The highest BCUT2D eigenvalue weighted by Crippen LogP contribution is 2.43. The van der Waals surface area contributed by atoms with Crippen LogP contribution < -0.4 is 10.2 Å².